The Bertz CT molecular complexity index is 790. The van der Waals surface area contributed by atoms with Crippen molar-refractivity contribution < 1.29 is 4.52 Å². The Labute approximate surface area is 155 Å². The molecule has 0 spiro atoms. The molecule has 0 aliphatic heterocycles. The zero-order chi connectivity index (χ0) is 16.2. The van der Waals surface area contributed by atoms with E-state index >= 15 is 0 Å². The summed E-state index contributed by atoms with van der Waals surface area (Å²) in [6.07, 6.45) is 1.27. The largest absolute Gasteiger partial charge is 0.339 e. The molecule has 5 nitrogen and oxygen atoms in total. The standard InChI is InChI=1S/C16H17ClN4OS.ClH/c1-10(18-2)7-14-20-15(22-21-14)8-11-9-23-16(19-11)12-5-3-4-6-13(12)17;/h3-6,9-10,18H,7-8H2,1-2H3;1H. The fourth-order valence-corrected chi connectivity index (χ4v) is 3.26. The molecular weight excluding hydrogens is 367 g/mol. The van der Waals surface area contributed by atoms with E-state index in [0.717, 1.165) is 22.7 Å². The van der Waals surface area contributed by atoms with Gasteiger partial charge < -0.3 is 9.84 Å². The molecule has 3 rings (SSSR count). The first-order valence-corrected chi connectivity index (χ1v) is 8.59. The predicted octanol–water partition coefficient (Wildman–Crippen LogP) is 4.01. The molecule has 128 valence electrons. The van der Waals surface area contributed by atoms with E-state index in [-0.39, 0.29) is 12.4 Å². The first-order valence-electron chi connectivity index (χ1n) is 7.33. The van der Waals surface area contributed by atoms with Gasteiger partial charge in [-0.15, -0.1) is 23.7 Å². The summed E-state index contributed by atoms with van der Waals surface area (Å²) in [4.78, 5) is 9.03. The Morgan fingerprint density at radius 1 is 1.29 bits per heavy atom. The van der Waals surface area contributed by atoms with Crippen LogP contribution < -0.4 is 5.32 Å². The number of rotatable bonds is 6. The van der Waals surface area contributed by atoms with Crippen molar-refractivity contribution >= 4 is 35.3 Å². The summed E-state index contributed by atoms with van der Waals surface area (Å²) in [5.41, 5.74) is 1.85. The van der Waals surface area contributed by atoms with Gasteiger partial charge in [0.05, 0.1) is 17.1 Å². The lowest BCUT2D eigenvalue weighted by Crippen LogP contribution is -2.24. The molecule has 0 amide bonds. The molecule has 0 saturated heterocycles. The topological polar surface area (TPSA) is 63.8 Å². The molecule has 0 bridgehead atoms. The lowest BCUT2D eigenvalue weighted by molar-refractivity contribution is 0.376. The summed E-state index contributed by atoms with van der Waals surface area (Å²) in [6.45, 7) is 2.08. The SMILES string of the molecule is CNC(C)Cc1noc(Cc2csc(-c3ccccc3Cl)n2)n1.Cl. The van der Waals surface area contributed by atoms with Crippen molar-refractivity contribution in [1.29, 1.82) is 0 Å². The van der Waals surface area contributed by atoms with Crippen molar-refractivity contribution in [2.24, 2.45) is 0 Å². The normalized spacial score (nSPS) is 12.0. The smallest absolute Gasteiger partial charge is 0.232 e. The highest BCUT2D eigenvalue weighted by atomic mass is 35.5. The highest BCUT2D eigenvalue weighted by Gasteiger charge is 2.13. The molecule has 24 heavy (non-hydrogen) atoms. The van der Waals surface area contributed by atoms with Crippen LogP contribution in [0.1, 0.15) is 24.3 Å². The Morgan fingerprint density at radius 3 is 2.83 bits per heavy atom. The van der Waals surface area contributed by atoms with Crippen LogP contribution in [0.4, 0.5) is 0 Å². The molecule has 0 saturated carbocycles. The zero-order valence-electron chi connectivity index (χ0n) is 13.3. The van der Waals surface area contributed by atoms with E-state index in [2.05, 4.69) is 27.4 Å². The number of hydrogen-bond acceptors (Lipinski definition) is 6. The minimum absolute atomic E-state index is 0. The molecule has 1 atom stereocenters. The van der Waals surface area contributed by atoms with Gasteiger partial charge in [0.25, 0.3) is 0 Å². The van der Waals surface area contributed by atoms with Gasteiger partial charge in [-0.25, -0.2) is 4.98 Å². The minimum atomic E-state index is 0. The average Bonchev–Trinajstić information content (AvgIpc) is 3.18. The van der Waals surface area contributed by atoms with Gasteiger partial charge in [-0.3, -0.25) is 0 Å². The summed E-state index contributed by atoms with van der Waals surface area (Å²) in [7, 11) is 1.91. The second-order valence-electron chi connectivity index (χ2n) is 5.30. The molecular formula is C16H18Cl2N4OS. The maximum Gasteiger partial charge on any atom is 0.232 e. The maximum atomic E-state index is 6.21. The van der Waals surface area contributed by atoms with Gasteiger partial charge in [0, 0.05) is 23.4 Å². The lowest BCUT2D eigenvalue weighted by Gasteiger charge is -2.04. The van der Waals surface area contributed by atoms with Crippen LogP contribution in [0.25, 0.3) is 10.6 Å². The lowest BCUT2D eigenvalue weighted by atomic mass is 10.2. The summed E-state index contributed by atoms with van der Waals surface area (Å²) in [5, 5.41) is 10.8. The molecule has 1 unspecified atom stereocenters. The highest BCUT2D eigenvalue weighted by Crippen LogP contribution is 2.30. The van der Waals surface area contributed by atoms with E-state index in [0.29, 0.717) is 29.2 Å². The van der Waals surface area contributed by atoms with Crippen LogP contribution in [-0.2, 0) is 12.8 Å². The number of nitrogens with zero attached hydrogens (tertiary/aromatic N) is 3. The van der Waals surface area contributed by atoms with Crippen molar-refractivity contribution in [3.8, 4) is 10.6 Å². The van der Waals surface area contributed by atoms with Gasteiger partial charge in [0.15, 0.2) is 5.82 Å². The highest BCUT2D eigenvalue weighted by molar-refractivity contribution is 7.13. The van der Waals surface area contributed by atoms with E-state index in [1.54, 1.807) is 11.3 Å². The van der Waals surface area contributed by atoms with Crippen LogP contribution in [0.15, 0.2) is 34.2 Å². The molecule has 2 aromatic heterocycles. The van der Waals surface area contributed by atoms with E-state index < -0.39 is 0 Å². The average molecular weight is 385 g/mol. The number of nitrogens with one attached hydrogen (secondary N) is 1. The second-order valence-corrected chi connectivity index (χ2v) is 6.56. The molecule has 1 N–H and O–H groups in total. The van der Waals surface area contributed by atoms with Crippen molar-refractivity contribution in [1.82, 2.24) is 20.4 Å². The molecule has 0 aliphatic rings. The van der Waals surface area contributed by atoms with Crippen LogP contribution in [0, 0.1) is 0 Å². The van der Waals surface area contributed by atoms with E-state index in [1.807, 2.05) is 36.7 Å². The number of thiazole rings is 1. The van der Waals surface area contributed by atoms with E-state index in [1.165, 1.54) is 0 Å². The Hall–Kier alpha value is -1.47. The fraction of sp³-hybridized carbons (Fsp3) is 0.312. The molecule has 1 aromatic carbocycles. The van der Waals surface area contributed by atoms with E-state index in [4.69, 9.17) is 16.1 Å². The van der Waals surface area contributed by atoms with Gasteiger partial charge in [0.2, 0.25) is 5.89 Å². The Morgan fingerprint density at radius 2 is 2.08 bits per heavy atom. The number of halogens is 2. The van der Waals surface area contributed by atoms with Crippen LogP contribution in [-0.4, -0.2) is 28.2 Å². The van der Waals surface area contributed by atoms with E-state index in [9.17, 15) is 0 Å². The van der Waals surface area contributed by atoms with Gasteiger partial charge in [0.1, 0.15) is 5.01 Å². The molecule has 8 heteroatoms. The summed E-state index contributed by atoms with van der Waals surface area (Å²) < 4.78 is 5.30. The monoisotopic (exact) mass is 384 g/mol. The maximum absolute atomic E-state index is 6.21. The number of hydrogen-bond donors (Lipinski definition) is 1. The minimum Gasteiger partial charge on any atom is -0.339 e. The quantitative estimate of drug-likeness (QED) is 0.695. The molecule has 0 fully saturated rings. The molecule has 0 radical (unpaired) electrons. The third-order valence-corrected chi connectivity index (χ3v) is 4.73. The van der Waals surface area contributed by atoms with Crippen LogP contribution in [0.3, 0.4) is 0 Å². The van der Waals surface area contributed by atoms with Gasteiger partial charge in [-0.1, -0.05) is 35.0 Å². The van der Waals surface area contributed by atoms with Gasteiger partial charge >= 0.3 is 0 Å². The third kappa shape index (κ3) is 4.54. The van der Waals surface area contributed by atoms with Crippen LogP contribution >= 0.6 is 35.3 Å². The number of benzene rings is 1. The second kappa shape index (κ2) is 8.58. The predicted molar refractivity (Wildman–Crippen MR) is 99.1 cm³/mol. The summed E-state index contributed by atoms with van der Waals surface area (Å²) >= 11 is 7.78. The van der Waals surface area contributed by atoms with Crippen molar-refractivity contribution in [3.63, 3.8) is 0 Å². The van der Waals surface area contributed by atoms with Gasteiger partial charge in [-0.05, 0) is 20.0 Å². The molecule has 3 aromatic rings. The number of likely N-dealkylation sites (N-methyl/N-ethyl adjacent to an activating group) is 1. The Kier molecular flexibility index (Phi) is 6.74. The van der Waals surface area contributed by atoms with Crippen molar-refractivity contribution in [2.75, 3.05) is 7.05 Å². The molecule has 0 aliphatic carbocycles. The Balaban J connectivity index is 0.00000208. The van der Waals surface area contributed by atoms with Crippen molar-refractivity contribution in [2.45, 2.75) is 25.8 Å². The van der Waals surface area contributed by atoms with Crippen LogP contribution in [0.2, 0.25) is 5.02 Å². The fourth-order valence-electron chi connectivity index (χ4n) is 2.12. The summed E-state index contributed by atoms with van der Waals surface area (Å²) in [5.74, 6) is 1.29. The van der Waals surface area contributed by atoms with Crippen molar-refractivity contribution in [3.05, 3.63) is 52.1 Å². The zero-order valence-corrected chi connectivity index (χ0v) is 15.7. The summed E-state index contributed by atoms with van der Waals surface area (Å²) in [6, 6.07) is 8.01. The van der Waals surface area contributed by atoms with Gasteiger partial charge in [-0.2, -0.15) is 4.98 Å². The van der Waals surface area contributed by atoms with Crippen LogP contribution in [0.5, 0.6) is 0 Å². The third-order valence-electron chi connectivity index (χ3n) is 3.48. The number of aromatic nitrogens is 3. The first kappa shape index (κ1) is 18.9. The first-order chi connectivity index (χ1) is 11.2. The molecule has 2 heterocycles.